The van der Waals surface area contributed by atoms with Crippen molar-refractivity contribution in [1.29, 1.82) is 0 Å². The summed E-state index contributed by atoms with van der Waals surface area (Å²) in [5, 5.41) is 5.89. The minimum atomic E-state index is -0.809. The summed E-state index contributed by atoms with van der Waals surface area (Å²) in [5.41, 5.74) is 1.07. The molecule has 142 valence electrons. The van der Waals surface area contributed by atoms with E-state index in [1.807, 2.05) is 19.9 Å². The number of carbonyl (C=O) groups excluding carboxylic acids is 3. The second kappa shape index (κ2) is 9.88. The highest BCUT2D eigenvalue weighted by Crippen LogP contribution is 2.18. The van der Waals surface area contributed by atoms with Gasteiger partial charge in [-0.3, -0.25) is 14.4 Å². The average molecular weight is 387 g/mol. The molecule has 0 aliphatic carbocycles. The van der Waals surface area contributed by atoms with Gasteiger partial charge in [-0.2, -0.15) is 0 Å². The first-order chi connectivity index (χ1) is 12.9. The smallest absolute Gasteiger partial charge is 0.247 e. The van der Waals surface area contributed by atoms with Crippen LogP contribution in [0.5, 0.6) is 0 Å². The van der Waals surface area contributed by atoms with Gasteiger partial charge in [-0.15, -0.1) is 0 Å². The molecule has 0 bridgehead atoms. The molecular formula is C21H23ClN2O3. The predicted octanol–water partition coefficient (Wildman–Crippen LogP) is 3.69. The first-order valence-electron chi connectivity index (χ1n) is 8.81. The summed E-state index contributed by atoms with van der Waals surface area (Å²) in [6.07, 6.45) is -0.00871. The highest BCUT2D eigenvalue weighted by molar-refractivity contribution is 6.34. The van der Waals surface area contributed by atoms with Gasteiger partial charge < -0.3 is 10.6 Å². The molecule has 0 heterocycles. The number of halogens is 1. The third kappa shape index (κ3) is 6.22. The zero-order chi connectivity index (χ0) is 19.8. The molecule has 2 aromatic rings. The van der Waals surface area contributed by atoms with Crippen LogP contribution in [0.25, 0.3) is 0 Å². The van der Waals surface area contributed by atoms with Gasteiger partial charge in [0.25, 0.3) is 0 Å². The lowest BCUT2D eigenvalue weighted by Gasteiger charge is -2.20. The highest BCUT2D eigenvalue weighted by Gasteiger charge is 2.23. The van der Waals surface area contributed by atoms with Crippen LogP contribution < -0.4 is 10.6 Å². The van der Waals surface area contributed by atoms with E-state index in [1.54, 1.807) is 48.5 Å². The fourth-order valence-electron chi connectivity index (χ4n) is 2.60. The largest absolute Gasteiger partial charge is 0.352 e. The van der Waals surface area contributed by atoms with Gasteiger partial charge in [0.1, 0.15) is 6.04 Å². The molecule has 0 fully saturated rings. The number of carbonyl (C=O) groups is 3. The molecule has 2 amide bonds. The summed E-state index contributed by atoms with van der Waals surface area (Å²) in [4.78, 5) is 37.1. The van der Waals surface area contributed by atoms with Crippen molar-refractivity contribution in [3.63, 3.8) is 0 Å². The normalized spacial score (nSPS) is 11.7. The lowest BCUT2D eigenvalue weighted by atomic mass is 10.0. The topological polar surface area (TPSA) is 75.3 Å². The van der Waals surface area contributed by atoms with Crippen LogP contribution in [-0.4, -0.2) is 23.6 Å². The Bertz CT molecular complexity index is 806. The zero-order valence-corrected chi connectivity index (χ0v) is 16.1. The van der Waals surface area contributed by atoms with E-state index in [0.29, 0.717) is 16.1 Å². The van der Waals surface area contributed by atoms with Gasteiger partial charge in [0.05, 0.1) is 5.02 Å². The van der Waals surface area contributed by atoms with Crippen molar-refractivity contribution in [3.8, 4) is 0 Å². The Morgan fingerprint density at radius 1 is 0.889 bits per heavy atom. The molecule has 1 unspecified atom stereocenters. The Morgan fingerprint density at radius 3 is 2.15 bits per heavy atom. The van der Waals surface area contributed by atoms with Crippen LogP contribution in [0, 0.1) is 0 Å². The number of hydrogen-bond donors (Lipinski definition) is 2. The van der Waals surface area contributed by atoms with Crippen LogP contribution in [0.2, 0.25) is 5.02 Å². The predicted molar refractivity (Wildman–Crippen MR) is 106 cm³/mol. The summed E-state index contributed by atoms with van der Waals surface area (Å²) in [7, 11) is 0. The first kappa shape index (κ1) is 20.6. The van der Waals surface area contributed by atoms with Gasteiger partial charge in [0, 0.05) is 24.4 Å². The van der Waals surface area contributed by atoms with Crippen LogP contribution in [0.1, 0.15) is 48.7 Å². The third-order valence-electron chi connectivity index (χ3n) is 3.88. The van der Waals surface area contributed by atoms with E-state index in [-0.39, 0.29) is 36.5 Å². The molecule has 1 atom stereocenters. The second-order valence-electron chi connectivity index (χ2n) is 6.48. The fraction of sp³-hybridized carbons (Fsp3) is 0.286. The molecule has 27 heavy (non-hydrogen) atoms. The Hall–Kier alpha value is -2.66. The number of amides is 2. The highest BCUT2D eigenvalue weighted by atomic mass is 35.5. The van der Waals surface area contributed by atoms with Crippen molar-refractivity contribution in [2.75, 3.05) is 0 Å². The zero-order valence-electron chi connectivity index (χ0n) is 15.4. The summed E-state index contributed by atoms with van der Waals surface area (Å²) in [6, 6.07) is 14.9. The monoisotopic (exact) mass is 386 g/mol. The fourth-order valence-corrected chi connectivity index (χ4v) is 2.84. The number of Topliss-reactive ketones (excluding diaryl/α,β-unsaturated/α-hetero) is 1. The van der Waals surface area contributed by atoms with Crippen LogP contribution in [-0.2, 0) is 9.59 Å². The molecule has 0 aromatic heterocycles. The molecule has 0 spiro atoms. The van der Waals surface area contributed by atoms with Crippen molar-refractivity contribution >= 4 is 29.2 Å². The molecule has 5 nitrogen and oxygen atoms in total. The second-order valence-corrected chi connectivity index (χ2v) is 6.88. The average Bonchev–Trinajstić information content (AvgIpc) is 2.64. The maximum atomic E-state index is 12.5. The van der Waals surface area contributed by atoms with E-state index < -0.39 is 6.04 Å². The lowest BCUT2D eigenvalue weighted by Crippen LogP contribution is -2.42. The minimum absolute atomic E-state index is 0.0167. The summed E-state index contributed by atoms with van der Waals surface area (Å²) < 4.78 is 0. The number of rotatable bonds is 8. The molecule has 6 heteroatoms. The van der Waals surface area contributed by atoms with E-state index in [1.165, 1.54) is 0 Å². The van der Waals surface area contributed by atoms with Gasteiger partial charge in [0.15, 0.2) is 5.78 Å². The van der Waals surface area contributed by atoms with Crippen molar-refractivity contribution < 1.29 is 14.4 Å². The Kier molecular flexibility index (Phi) is 7.55. The number of hydrogen-bond acceptors (Lipinski definition) is 3. The van der Waals surface area contributed by atoms with Crippen molar-refractivity contribution in [2.45, 2.75) is 38.8 Å². The van der Waals surface area contributed by atoms with Gasteiger partial charge in [-0.1, -0.05) is 54.1 Å². The van der Waals surface area contributed by atoms with Gasteiger partial charge in [-0.25, -0.2) is 0 Å². The minimum Gasteiger partial charge on any atom is -0.352 e. The van der Waals surface area contributed by atoms with E-state index >= 15 is 0 Å². The number of nitrogens with one attached hydrogen (secondary N) is 2. The molecular weight excluding hydrogens is 364 g/mol. The van der Waals surface area contributed by atoms with Gasteiger partial charge in [0.2, 0.25) is 11.8 Å². The number of ketones is 1. The SMILES string of the molecule is CC(C)NC(=O)C(NC(=O)CCC(=O)c1ccccc1Cl)c1ccccc1. The van der Waals surface area contributed by atoms with E-state index in [0.717, 1.165) is 0 Å². The summed E-state index contributed by atoms with van der Waals surface area (Å²) in [5.74, 6) is -0.871. The molecule has 2 rings (SSSR count). The Balaban J connectivity index is 2.02. The molecule has 2 N–H and O–H groups in total. The molecule has 2 aromatic carbocycles. The molecule has 0 radical (unpaired) electrons. The maximum absolute atomic E-state index is 12.5. The van der Waals surface area contributed by atoms with Crippen molar-refractivity contribution in [3.05, 3.63) is 70.7 Å². The third-order valence-corrected chi connectivity index (χ3v) is 4.21. The first-order valence-corrected chi connectivity index (χ1v) is 9.18. The van der Waals surface area contributed by atoms with Crippen LogP contribution >= 0.6 is 11.6 Å². The molecule has 0 saturated carbocycles. The molecule has 0 aliphatic heterocycles. The quantitative estimate of drug-likeness (QED) is 0.679. The standard InChI is InChI=1S/C21H23ClN2O3/c1-14(2)23-21(27)20(15-8-4-3-5-9-15)24-19(26)13-12-18(25)16-10-6-7-11-17(16)22/h3-11,14,20H,12-13H2,1-2H3,(H,23,27)(H,24,26). The van der Waals surface area contributed by atoms with Gasteiger partial charge in [-0.05, 0) is 31.5 Å². The Labute approximate surface area is 164 Å². The Morgan fingerprint density at radius 2 is 1.52 bits per heavy atom. The molecule has 0 saturated heterocycles. The van der Waals surface area contributed by atoms with Crippen LogP contribution in [0.15, 0.2) is 54.6 Å². The maximum Gasteiger partial charge on any atom is 0.247 e. The van der Waals surface area contributed by atoms with E-state index in [2.05, 4.69) is 10.6 Å². The molecule has 0 aliphatic rings. The van der Waals surface area contributed by atoms with Gasteiger partial charge >= 0.3 is 0 Å². The van der Waals surface area contributed by atoms with E-state index in [4.69, 9.17) is 11.6 Å². The summed E-state index contributed by atoms with van der Waals surface area (Å²) >= 11 is 6.01. The van der Waals surface area contributed by atoms with Crippen LogP contribution in [0.4, 0.5) is 0 Å². The van der Waals surface area contributed by atoms with Crippen molar-refractivity contribution in [2.24, 2.45) is 0 Å². The lowest BCUT2D eigenvalue weighted by molar-refractivity contribution is -0.129. The van der Waals surface area contributed by atoms with Crippen LogP contribution in [0.3, 0.4) is 0 Å². The summed E-state index contributed by atoms with van der Waals surface area (Å²) in [6.45, 7) is 3.70. The van der Waals surface area contributed by atoms with Crippen molar-refractivity contribution in [1.82, 2.24) is 10.6 Å². The van der Waals surface area contributed by atoms with E-state index in [9.17, 15) is 14.4 Å². The number of benzene rings is 2.